The second kappa shape index (κ2) is 5.67. The molecule has 0 saturated carbocycles. The summed E-state index contributed by atoms with van der Waals surface area (Å²) in [7, 11) is -3.19. The van der Waals surface area contributed by atoms with Crippen molar-refractivity contribution in [2.24, 2.45) is 0 Å². The van der Waals surface area contributed by atoms with Gasteiger partial charge >= 0.3 is 5.69 Å². The summed E-state index contributed by atoms with van der Waals surface area (Å²) in [4.78, 5) is 19.7. The van der Waals surface area contributed by atoms with Crippen LogP contribution in [0.15, 0.2) is 6.20 Å². The fraction of sp³-hybridized carbons (Fsp3) is 0.667. The highest BCUT2D eigenvalue weighted by molar-refractivity contribution is 7.92. The summed E-state index contributed by atoms with van der Waals surface area (Å²) < 4.78 is 23.9. The van der Waals surface area contributed by atoms with Gasteiger partial charge in [-0.05, 0) is 12.8 Å². The number of nitrogen functional groups attached to an aromatic ring is 1. The molecule has 2 rings (SSSR count). The van der Waals surface area contributed by atoms with Crippen molar-refractivity contribution in [1.82, 2.24) is 9.97 Å². The van der Waals surface area contributed by atoms with Gasteiger partial charge in [0.05, 0.1) is 15.4 Å². The molecule has 1 fully saturated rings. The van der Waals surface area contributed by atoms with Crippen LogP contribution in [0.2, 0.25) is 0 Å². The number of aromatic nitrogens is 2. The number of rotatable bonds is 4. The molecule has 0 aliphatic carbocycles. The Bertz CT molecular complexity index is 687. The maximum Gasteiger partial charge on any atom is 0.329 e. The molecule has 1 saturated heterocycles. The minimum atomic E-state index is -3.19. The monoisotopic (exact) mass is 329 g/mol. The molecule has 0 atom stereocenters. The Morgan fingerprint density at radius 3 is 2.59 bits per heavy atom. The molecule has 10 heteroatoms. The highest BCUT2D eigenvalue weighted by atomic mass is 32.2. The summed E-state index contributed by atoms with van der Waals surface area (Å²) in [6, 6.07) is 0. The molecule has 0 unspecified atom stereocenters. The van der Waals surface area contributed by atoms with Crippen LogP contribution in [0.25, 0.3) is 0 Å². The van der Waals surface area contributed by atoms with Crippen molar-refractivity contribution in [1.29, 1.82) is 0 Å². The predicted molar refractivity (Wildman–Crippen MR) is 82.4 cm³/mol. The number of nitro groups is 1. The number of anilines is 2. The Balaban J connectivity index is 2.35. The quantitative estimate of drug-likeness (QED) is 0.632. The van der Waals surface area contributed by atoms with Crippen molar-refractivity contribution < 1.29 is 13.3 Å². The van der Waals surface area contributed by atoms with Gasteiger partial charge in [0.15, 0.2) is 9.84 Å². The molecule has 22 heavy (non-hydrogen) atoms. The van der Waals surface area contributed by atoms with E-state index >= 15 is 0 Å². The van der Waals surface area contributed by atoms with E-state index in [1.54, 1.807) is 4.90 Å². The molecule has 1 aromatic rings. The molecule has 0 bridgehead atoms. The summed E-state index contributed by atoms with van der Waals surface area (Å²) in [6.07, 6.45) is 2.04. The van der Waals surface area contributed by atoms with Gasteiger partial charge in [-0.15, -0.1) is 0 Å². The molecule has 2 N–H and O–H groups in total. The Kier molecular flexibility index (Phi) is 4.23. The second-order valence-corrected chi connectivity index (χ2v) is 7.83. The van der Waals surface area contributed by atoms with Crippen LogP contribution in [-0.4, -0.2) is 46.9 Å². The minimum absolute atomic E-state index is 0.00886. The van der Waals surface area contributed by atoms with Crippen LogP contribution in [0.4, 0.5) is 17.5 Å². The molecule has 0 aromatic carbocycles. The van der Waals surface area contributed by atoms with Gasteiger partial charge in [0, 0.05) is 13.1 Å². The first-order valence-electron chi connectivity index (χ1n) is 7.00. The van der Waals surface area contributed by atoms with Crippen molar-refractivity contribution in [3.8, 4) is 0 Å². The van der Waals surface area contributed by atoms with Crippen LogP contribution in [-0.2, 0) is 9.84 Å². The average molecular weight is 329 g/mol. The topological polar surface area (TPSA) is 132 Å². The predicted octanol–water partition coefficient (Wildman–Crippen LogP) is 0.761. The van der Waals surface area contributed by atoms with E-state index in [1.165, 1.54) is 0 Å². The molecule has 0 spiro atoms. The molecule has 0 amide bonds. The fourth-order valence-corrected chi connectivity index (χ4v) is 4.85. The van der Waals surface area contributed by atoms with Gasteiger partial charge in [0.25, 0.3) is 0 Å². The van der Waals surface area contributed by atoms with Crippen LogP contribution in [0.5, 0.6) is 0 Å². The van der Waals surface area contributed by atoms with Crippen LogP contribution in [0.3, 0.4) is 0 Å². The summed E-state index contributed by atoms with van der Waals surface area (Å²) in [5.41, 5.74) is 5.22. The number of nitrogens with two attached hydrogens (primary N) is 1. The molecule has 122 valence electrons. The lowest BCUT2D eigenvalue weighted by molar-refractivity contribution is -0.384. The lowest BCUT2D eigenvalue weighted by atomic mass is 10.0. The normalized spacial score (nSPS) is 19.8. The van der Waals surface area contributed by atoms with E-state index < -0.39 is 19.5 Å². The van der Waals surface area contributed by atoms with Crippen molar-refractivity contribution in [3.63, 3.8) is 0 Å². The molecule has 1 aromatic heterocycles. The van der Waals surface area contributed by atoms with E-state index in [1.807, 2.05) is 13.8 Å². The van der Waals surface area contributed by atoms with Gasteiger partial charge < -0.3 is 10.6 Å². The maximum absolute atomic E-state index is 12.4. The van der Waals surface area contributed by atoms with E-state index in [0.717, 1.165) is 6.20 Å². The van der Waals surface area contributed by atoms with Crippen molar-refractivity contribution in [2.75, 3.05) is 29.5 Å². The first-order valence-corrected chi connectivity index (χ1v) is 8.65. The first-order chi connectivity index (χ1) is 10.3. The second-order valence-electron chi connectivity index (χ2n) is 5.33. The molecule has 9 nitrogen and oxygen atoms in total. The minimum Gasteiger partial charge on any atom is -0.378 e. The van der Waals surface area contributed by atoms with Gasteiger partial charge in [-0.2, -0.15) is 4.98 Å². The Hall–Kier alpha value is -1.97. The summed E-state index contributed by atoms with van der Waals surface area (Å²) in [5, 5.41) is 10.7. The van der Waals surface area contributed by atoms with Gasteiger partial charge in [-0.3, -0.25) is 10.1 Å². The largest absolute Gasteiger partial charge is 0.378 e. The van der Waals surface area contributed by atoms with E-state index in [4.69, 9.17) is 5.73 Å². The van der Waals surface area contributed by atoms with E-state index in [0.29, 0.717) is 12.8 Å². The molecular formula is C12H19N5O4S. The third-order valence-corrected chi connectivity index (χ3v) is 7.07. The highest BCUT2D eigenvalue weighted by Gasteiger charge is 2.45. The highest BCUT2D eigenvalue weighted by Crippen LogP contribution is 2.33. The maximum atomic E-state index is 12.4. The zero-order chi connectivity index (χ0) is 16.5. The number of hydrogen-bond donors (Lipinski definition) is 1. The van der Waals surface area contributed by atoms with Gasteiger partial charge in [-0.1, -0.05) is 13.8 Å². The third kappa shape index (κ3) is 2.58. The third-order valence-electron chi connectivity index (χ3n) is 4.32. The first kappa shape index (κ1) is 16.4. The number of nitrogens with zero attached hydrogens (tertiary/aromatic N) is 4. The van der Waals surface area contributed by atoms with Crippen molar-refractivity contribution >= 4 is 27.3 Å². The van der Waals surface area contributed by atoms with E-state index in [-0.39, 0.29) is 36.3 Å². The van der Waals surface area contributed by atoms with Gasteiger partial charge in [0.2, 0.25) is 11.8 Å². The number of hydrogen-bond acceptors (Lipinski definition) is 8. The van der Waals surface area contributed by atoms with Gasteiger partial charge in [0.1, 0.15) is 6.20 Å². The summed E-state index contributed by atoms with van der Waals surface area (Å²) in [5.74, 6) is 0.0147. The standard InChI is InChI=1S/C12H19N5O4S/c1-3-12(4-2)8-16(5-6-22(12,20)21)11-14-7-9(17(18)19)10(13)15-11/h7H,3-6,8H2,1-2H3,(H2,13,14,15). The van der Waals surface area contributed by atoms with Crippen molar-refractivity contribution in [3.05, 3.63) is 16.3 Å². The number of sulfone groups is 1. The van der Waals surface area contributed by atoms with Crippen LogP contribution < -0.4 is 10.6 Å². The SMILES string of the molecule is CCC1(CC)CN(c2ncc([N+](=O)[O-])c(N)n2)CCS1(=O)=O. The molecule has 1 aliphatic rings. The van der Waals surface area contributed by atoms with Crippen LogP contribution in [0, 0.1) is 10.1 Å². The van der Waals surface area contributed by atoms with Crippen LogP contribution in [0.1, 0.15) is 26.7 Å². The fourth-order valence-electron chi connectivity index (χ4n) is 2.73. The molecular weight excluding hydrogens is 310 g/mol. The van der Waals surface area contributed by atoms with Crippen LogP contribution >= 0.6 is 0 Å². The van der Waals surface area contributed by atoms with E-state index in [9.17, 15) is 18.5 Å². The zero-order valence-corrected chi connectivity index (χ0v) is 13.3. The Morgan fingerprint density at radius 2 is 2.09 bits per heavy atom. The molecule has 2 heterocycles. The van der Waals surface area contributed by atoms with E-state index in [2.05, 4.69) is 9.97 Å². The summed E-state index contributed by atoms with van der Waals surface area (Å²) >= 11 is 0. The average Bonchev–Trinajstić information content (AvgIpc) is 2.47. The van der Waals surface area contributed by atoms with Gasteiger partial charge in [-0.25, -0.2) is 13.4 Å². The van der Waals surface area contributed by atoms with Crippen molar-refractivity contribution in [2.45, 2.75) is 31.4 Å². The molecule has 1 aliphatic heterocycles. The smallest absolute Gasteiger partial charge is 0.329 e. The molecule has 0 radical (unpaired) electrons. The Labute approximate surface area is 128 Å². The lowest BCUT2D eigenvalue weighted by Gasteiger charge is -2.41. The zero-order valence-electron chi connectivity index (χ0n) is 12.5. The Morgan fingerprint density at radius 1 is 1.45 bits per heavy atom. The lowest BCUT2D eigenvalue weighted by Crippen LogP contribution is -2.56. The summed E-state index contributed by atoms with van der Waals surface area (Å²) in [6.45, 7) is 4.20.